The van der Waals surface area contributed by atoms with Gasteiger partial charge >= 0.3 is 0 Å². The number of nitrogens with zero attached hydrogens (tertiary/aromatic N) is 2. The van der Waals surface area contributed by atoms with Crippen LogP contribution in [0.2, 0.25) is 0 Å². The summed E-state index contributed by atoms with van der Waals surface area (Å²) < 4.78 is 5.43. The van der Waals surface area contributed by atoms with E-state index in [0.29, 0.717) is 6.61 Å². The van der Waals surface area contributed by atoms with Crippen molar-refractivity contribution in [1.29, 1.82) is 0 Å². The van der Waals surface area contributed by atoms with Crippen LogP contribution in [0.1, 0.15) is 12.7 Å². The van der Waals surface area contributed by atoms with Crippen molar-refractivity contribution in [3.8, 4) is 17.0 Å². The molecular weight excluding hydrogens is 238 g/mol. The van der Waals surface area contributed by atoms with Crippen LogP contribution < -0.4 is 10.1 Å². The summed E-state index contributed by atoms with van der Waals surface area (Å²) in [6.07, 6.45) is 2.64. The first kappa shape index (κ1) is 13.5. The minimum atomic E-state index is 0.682. The molecule has 1 aromatic heterocycles. The van der Waals surface area contributed by atoms with Crippen LogP contribution in [0.4, 0.5) is 0 Å². The van der Waals surface area contributed by atoms with Gasteiger partial charge in [-0.05, 0) is 44.3 Å². The van der Waals surface area contributed by atoms with E-state index in [0.717, 1.165) is 35.8 Å². The van der Waals surface area contributed by atoms with Gasteiger partial charge in [0.25, 0.3) is 0 Å². The van der Waals surface area contributed by atoms with Crippen molar-refractivity contribution >= 4 is 0 Å². The van der Waals surface area contributed by atoms with E-state index < -0.39 is 0 Å². The molecule has 0 saturated carbocycles. The zero-order valence-electron chi connectivity index (χ0n) is 11.4. The maximum atomic E-state index is 5.43. The Hall–Kier alpha value is -1.94. The van der Waals surface area contributed by atoms with Crippen molar-refractivity contribution in [3.05, 3.63) is 42.4 Å². The van der Waals surface area contributed by atoms with Crippen molar-refractivity contribution in [2.45, 2.75) is 13.3 Å². The number of rotatable bonds is 6. The quantitative estimate of drug-likeness (QED) is 0.862. The molecule has 0 unspecified atom stereocenters. The molecule has 0 radical (unpaired) electrons. The van der Waals surface area contributed by atoms with E-state index in [9.17, 15) is 0 Å². The lowest BCUT2D eigenvalue weighted by molar-refractivity contribution is 0.340. The fourth-order valence-electron chi connectivity index (χ4n) is 1.81. The third kappa shape index (κ3) is 3.76. The molecule has 0 aliphatic carbocycles. The Balaban J connectivity index is 2.16. The number of hydrogen-bond donors (Lipinski definition) is 1. The van der Waals surface area contributed by atoms with Gasteiger partial charge in [-0.2, -0.15) is 0 Å². The second-order valence-electron chi connectivity index (χ2n) is 4.17. The summed E-state index contributed by atoms with van der Waals surface area (Å²) in [7, 11) is 1.93. The lowest BCUT2D eigenvalue weighted by Gasteiger charge is -2.06. The SMILES string of the molecule is CCOc1ccc(-c2ccnc(CCNC)n2)cc1. The van der Waals surface area contributed by atoms with Crippen LogP contribution >= 0.6 is 0 Å². The van der Waals surface area contributed by atoms with Crippen LogP contribution in [-0.2, 0) is 6.42 Å². The minimum absolute atomic E-state index is 0.682. The molecule has 1 heterocycles. The largest absolute Gasteiger partial charge is 0.494 e. The normalized spacial score (nSPS) is 10.4. The second kappa shape index (κ2) is 6.85. The second-order valence-corrected chi connectivity index (χ2v) is 4.17. The first-order valence-electron chi connectivity index (χ1n) is 6.53. The standard InChI is InChI=1S/C15H19N3O/c1-3-19-13-6-4-12(5-7-13)14-8-11-17-15(18-14)9-10-16-2/h4-8,11,16H,3,9-10H2,1-2H3. The zero-order valence-corrected chi connectivity index (χ0v) is 11.4. The average Bonchev–Trinajstić information content (AvgIpc) is 2.46. The van der Waals surface area contributed by atoms with Crippen molar-refractivity contribution in [3.63, 3.8) is 0 Å². The number of nitrogens with one attached hydrogen (secondary N) is 1. The van der Waals surface area contributed by atoms with Crippen LogP contribution in [0.25, 0.3) is 11.3 Å². The summed E-state index contributed by atoms with van der Waals surface area (Å²) in [6, 6.07) is 9.91. The molecule has 0 fully saturated rings. The molecule has 100 valence electrons. The molecule has 0 amide bonds. The number of hydrogen-bond acceptors (Lipinski definition) is 4. The maximum absolute atomic E-state index is 5.43. The van der Waals surface area contributed by atoms with Gasteiger partial charge in [-0.3, -0.25) is 0 Å². The van der Waals surface area contributed by atoms with Gasteiger partial charge in [0, 0.05) is 24.7 Å². The van der Waals surface area contributed by atoms with Crippen LogP contribution in [0.3, 0.4) is 0 Å². The van der Waals surface area contributed by atoms with E-state index in [1.54, 1.807) is 0 Å². The fourth-order valence-corrected chi connectivity index (χ4v) is 1.81. The van der Waals surface area contributed by atoms with Gasteiger partial charge in [0.1, 0.15) is 11.6 Å². The summed E-state index contributed by atoms with van der Waals surface area (Å²) in [4.78, 5) is 8.84. The summed E-state index contributed by atoms with van der Waals surface area (Å²) in [5, 5.41) is 3.10. The van der Waals surface area contributed by atoms with Crippen LogP contribution in [0, 0.1) is 0 Å². The third-order valence-corrected chi connectivity index (χ3v) is 2.77. The molecule has 0 aliphatic heterocycles. The summed E-state index contributed by atoms with van der Waals surface area (Å²) >= 11 is 0. The lowest BCUT2D eigenvalue weighted by atomic mass is 10.1. The summed E-state index contributed by atoms with van der Waals surface area (Å²) in [5.74, 6) is 1.75. The van der Waals surface area contributed by atoms with Crippen molar-refractivity contribution in [2.24, 2.45) is 0 Å². The topological polar surface area (TPSA) is 47.0 Å². The molecule has 1 N–H and O–H groups in total. The molecule has 4 heteroatoms. The molecule has 19 heavy (non-hydrogen) atoms. The fraction of sp³-hybridized carbons (Fsp3) is 0.333. The highest BCUT2D eigenvalue weighted by atomic mass is 16.5. The molecule has 1 aromatic carbocycles. The molecule has 4 nitrogen and oxygen atoms in total. The van der Waals surface area contributed by atoms with Gasteiger partial charge in [0.2, 0.25) is 0 Å². The van der Waals surface area contributed by atoms with Crippen LogP contribution in [0.5, 0.6) is 5.75 Å². The molecule has 0 saturated heterocycles. The van der Waals surface area contributed by atoms with Gasteiger partial charge in [0.05, 0.1) is 12.3 Å². The minimum Gasteiger partial charge on any atom is -0.494 e. The highest BCUT2D eigenvalue weighted by Gasteiger charge is 2.02. The Morgan fingerprint density at radius 1 is 1.16 bits per heavy atom. The highest BCUT2D eigenvalue weighted by molar-refractivity contribution is 5.59. The number of ether oxygens (including phenoxy) is 1. The summed E-state index contributed by atoms with van der Waals surface area (Å²) in [6.45, 7) is 3.54. The van der Waals surface area contributed by atoms with Crippen LogP contribution in [-0.4, -0.2) is 30.2 Å². The molecule has 0 aliphatic rings. The van der Waals surface area contributed by atoms with E-state index in [4.69, 9.17) is 4.74 Å². The van der Waals surface area contributed by atoms with Gasteiger partial charge in [-0.1, -0.05) is 0 Å². The first-order valence-corrected chi connectivity index (χ1v) is 6.53. The zero-order chi connectivity index (χ0) is 13.5. The molecule has 2 aromatic rings. The average molecular weight is 257 g/mol. The highest BCUT2D eigenvalue weighted by Crippen LogP contribution is 2.20. The van der Waals surface area contributed by atoms with Crippen molar-refractivity contribution < 1.29 is 4.74 Å². The Bertz CT molecular complexity index is 511. The number of aromatic nitrogens is 2. The monoisotopic (exact) mass is 257 g/mol. The molecular formula is C15H19N3O. The van der Waals surface area contributed by atoms with E-state index in [2.05, 4.69) is 15.3 Å². The predicted octanol–water partition coefficient (Wildman–Crippen LogP) is 2.30. The summed E-state index contributed by atoms with van der Waals surface area (Å²) in [5.41, 5.74) is 2.03. The van der Waals surface area contributed by atoms with E-state index in [1.807, 2.05) is 50.5 Å². The smallest absolute Gasteiger partial charge is 0.130 e. The van der Waals surface area contributed by atoms with Gasteiger partial charge in [-0.15, -0.1) is 0 Å². The number of likely N-dealkylation sites (N-methyl/N-ethyl adjacent to an activating group) is 1. The maximum Gasteiger partial charge on any atom is 0.130 e. The van der Waals surface area contributed by atoms with Gasteiger partial charge in [0.15, 0.2) is 0 Å². The van der Waals surface area contributed by atoms with E-state index >= 15 is 0 Å². The predicted molar refractivity (Wildman–Crippen MR) is 76.3 cm³/mol. The number of benzene rings is 1. The van der Waals surface area contributed by atoms with Gasteiger partial charge < -0.3 is 10.1 Å². The van der Waals surface area contributed by atoms with Gasteiger partial charge in [-0.25, -0.2) is 9.97 Å². The molecule has 2 rings (SSSR count). The lowest BCUT2D eigenvalue weighted by Crippen LogP contribution is -2.12. The Kier molecular flexibility index (Phi) is 4.86. The van der Waals surface area contributed by atoms with E-state index in [-0.39, 0.29) is 0 Å². The first-order chi connectivity index (χ1) is 9.33. The van der Waals surface area contributed by atoms with Crippen LogP contribution in [0.15, 0.2) is 36.5 Å². The van der Waals surface area contributed by atoms with E-state index in [1.165, 1.54) is 0 Å². The molecule has 0 bridgehead atoms. The van der Waals surface area contributed by atoms with Crippen molar-refractivity contribution in [1.82, 2.24) is 15.3 Å². The van der Waals surface area contributed by atoms with Crippen molar-refractivity contribution in [2.75, 3.05) is 20.2 Å². The molecule has 0 spiro atoms. The Labute approximate surface area is 113 Å². The Morgan fingerprint density at radius 3 is 2.63 bits per heavy atom. The molecule has 0 atom stereocenters. The Morgan fingerprint density at radius 2 is 1.95 bits per heavy atom. The third-order valence-electron chi connectivity index (χ3n) is 2.77.